The number of rotatable bonds is 9. The molecule has 2 heterocycles. The van der Waals surface area contributed by atoms with E-state index in [0.29, 0.717) is 36.8 Å². The summed E-state index contributed by atoms with van der Waals surface area (Å²) in [5.41, 5.74) is 1.28. The molecule has 34 heavy (non-hydrogen) atoms. The maximum atomic E-state index is 13.2. The lowest BCUT2D eigenvalue weighted by Gasteiger charge is -2.27. The van der Waals surface area contributed by atoms with Crippen LogP contribution in [0.15, 0.2) is 66.8 Å². The molecule has 2 saturated heterocycles. The van der Waals surface area contributed by atoms with E-state index in [9.17, 15) is 14.7 Å². The van der Waals surface area contributed by atoms with Crippen LogP contribution in [0.4, 0.5) is 0 Å². The normalized spacial score (nSPS) is 20.0. The first-order valence-electron chi connectivity index (χ1n) is 11.5. The summed E-state index contributed by atoms with van der Waals surface area (Å²) in [6, 6.07) is 13.3. The maximum absolute atomic E-state index is 13.2. The molecular weight excluding hydrogens is 432 g/mol. The molecule has 7 heteroatoms. The van der Waals surface area contributed by atoms with Gasteiger partial charge in [0, 0.05) is 18.7 Å². The van der Waals surface area contributed by atoms with Crippen molar-refractivity contribution >= 4 is 17.4 Å². The first-order chi connectivity index (χ1) is 16.5. The van der Waals surface area contributed by atoms with Gasteiger partial charge in [0.05, 0.1) is 18.7 Å². The van der Waals surface area contributed by atoms with Gasteiger partial charge in [0.2, 0.25) is 0 Å². The predicted octanol–water partition coefficient (Wildman–Crippen LogP) is 3.78. The Bertz CT molecular complexity index is 1070. The summed E-state index contributed by atoms with van der Waals surface area (Å²) in [5.74, 6) is -0.165. The van der Waals surface area contributed by atoms with Crippen LogP contribution in [0.2, 0.25) is 0 Å². The molecule has 0 aliphatic carbocycles. The summed E-state index contributed by atoms with van der Waals surface area (Å²) >= 11 is 0. The number of carbonyl (C=O) groups excluding carboxylic acids is 2. The molecule has 2 aromatic rings. The van der Waals surface area contributed by atoms with Gasteiger partial charge >= 0.3 is 0 Å². The van der Waals surface area contributed by atoms with Crippen LogP contribution in [-0.2, 0) is 9.59 Å². The third-order valence-electron chi connectivity index (χ3n) is 6.32. The Morgan fingerprint density at radius 3 is 2.29 bits per heavy atom. The third-order valence-corrected chi connectivity index (χ3v) is 6.32. The zero-order valence-electron chi connectivity index (χ0n) is 19.4. The van der Waals surface area contributed by atoms with Crippen molar-refractivity contribution in [2.75, 3.05) is 39.9 Å². The number of likely N-dealkylation sites (tertiary alicyclic amines) is 2. The van der Waals surface area contributed by atoms with Gasteiger partial charge in [-0.25, -0.2) is 0 Å². The Labute approximate surface area is 199 Å². The zero-order valence-corrected chi connectivity index (χ0v) is 19.4. The molecule has 1 amide bonds. The molecule has 0 spiro atoms. The molecule has 0 radical (unpaired) electrons. The number of hydrogen-bond acceptors (Lipinski definition) is 6. The topological polar surface area (TPSA) is 79.3 Å². The summed E-state index contributed by atoms with van der Waals surface area (Å²) in [7, 11) is 1.56. The van der Waals surface area contributed by atoms with Crippen LogP contribution in [0.5, 0.6) is 11.5 Å². The first-order valence-corrected chi connectivity index (χ1v) is 11.5. The summed E-state index contributed by atoms with van der Waals surface area (Å²) in [6.07, 6.45) is 3.95. The van der Waals surface area contributed by atoms with Gasteiger partial charge in [-0.15, -0.1) is 0 Å². The highest BCUT2D eigenvalue weighted by Crippen LogP contribution is 2.40. The summed E-state index contributed by atoms with van der Waals surface area (Å²) in [5, 5.41) is 11.2. The van der Waals surface area contributed by atoms with Gasteiger partial charge in [0.25, 0.3) is 11.7 Å². The van der Waals surface area contributed by atoms with Gasteiger partial charge in [0.1, 0.15) is 23.9 Å². The Morgan fingerprint density at radius 1 is 1.03 bits per heavy atom. The van der Waals surface area contributed by atoms with Crippen molar-refractivity contribution < 1.29 is 24.2 Å². The molecule has 2 aliphatic heterocycles. The van der Waals surface area contributed by atoms with Crippen molar-refractivity contribution in [3.8, 4) is 11.5 Å². The molecule has 0 bridgehead atoms. The molecule has 7 nitrogen and oxygen atoms in total. The number of ether oxygens (including phenoxy) is 2. The van der Waals surface area contributed by atoms with Gasteiger partial charge in [-0.1, -0.05) is 24.8 Å². The van der Waals surface area contributed by atoms with Crippen molar-refractivity contribution in [3.63, 3.8) is 0 Å². The fraction of sp³-hybridized carbons (Fsp3) is 0.333. The van der Waals surface area contributed by atoms with Gasteiger partial charge in [-0.05, 0) is 67.9 Å². The number of aliphatic hydroxyl groups excluding tert-OH is 1. The van der Waals surface area contributed by atoms with Crippen LogP contribution < -0.4 is 9.47 Å². The van der Waals surface area contributed by atoms with E-state index >= 15 is 0 Å². The number of amides is 1. The molecular formula is C27H30N2O5. The number of benzene rings is 2. The fourth-order valence-corrected chi connectivity index (χ4v) is 4.52. The Morgan fingerprint density at radius 2 is 1.68 bits per heavy atom. The summed E-state index contributed by atoms with van der Waals surface area (Å²) in [6.45, 7) is 7.12. The Balaban J connectivity index is 1.71. The molecule has 2 fully saturated rings. The lowest BCUT2D eigenvalue weighted by Crippen LogP contribution is -2.37. The van der Waals surface area contributed by atoms with E-state index in [0.717, 1.165) is 31.5 Å². The molecule has 1 N–H and O–H groups in total. The molecule has 1 atom stereocenters. The van der Waals surface area contributed by atoms with Crippen molar-refractivity contribution in [3.05, 3.63) is 77.9 Å². The number of aliphatic hydroxyl groups is 1. The van der Waals surface area contributed by atoms with E-state index in [1.165, 1.54) is 0 Å². The van der Waals surface area contributed by atoms with Gasteiger partial charge < -0.3 is 24.4 Å². The van der Waals surface area contributed by atoms with Crippen molar-refractivity contribution in [2.45, 2.75) is 18.9 Å². The minimum absolute atomic E-state index is 0.0938. The second-order valence-corrected chi connectivity index (χ2v) is 8.44. The maximum Gasteiger partial charge on any atom is 0.295 e. The molecule has 178 valence electrons. The van der Waals surface area contributed by atoms with Crippen LogP contribution in [-0.4, -0.2) is 66.5 Å². The van der Waals surface area contributed by atoms with E-state index in [1.807, 2.05) is 12.1 Å². The Hall–Kier alpha value is -3.58. The second kappa shape index (κ2) is 10.6. The van der Waals surface area contributed by atoms with Gasteiger partial charge in [-0.3, -0.25) is 9.59 Å². The van der Waals surface area contributed by atoms with Crippen LogP contribution in [0.25, 0.3) is 5.76 Å². The number of methoxy groups -OCH3 is 1. The summed E-state index contributed by atoms with van der Waals surface area (Å²) in [4.78, 5) is 30.1. The van der Waals surface area contributed by atoms with Crippen LogP contribution in [0.1, 0.15) is 30.0 Å². The first kappa shape index (κ1) is 23.6. The van der Waals surface area contributed by atoms with Crippen LogP contribution >= 0.6 is 0 Å². The smallest absolute Gasteiger partial charge is 0.295 e. The monoisotopic (exact) mass is 462 g/mol. The Kier molecular flexibility index (Phi) is 7.33. The minimum Gasteiger partial charge on any atom is -0.507 e. The van der Waals surface area contributed by atoms with E-state index in [4.69, 9.17) is 9.47 Å². The highest BCUT2D eigenvalue weighted by atomic mass is 16.5. The van der Waals surface area contributed by atoms with E-state index in [2.05, 4.69) is 11.5 Å². The lowest BCUT2D eigenvalue weighted by molar-refractivity contribution is -0.140. The molecule has 0 aromatic heterocycles. The van der Waals surface area contributed by atoms with Crippen LogP contribution in [0.3, 0.4) is 0 Å². The molecule has 2 aliphatic rings. The predicted molar refractivity (Wildman–Crippen MR) is 130 cm³/mol. The number of Topliss-reactive ketones (excluding diaryl/α,β-unsaturated/α-hetero) is 1. The highest BCUT2D eigenvalue weighted by molar-refractivity contribution is 6.46. The average Bonchev–Trinajstić information content (AvgIpc) is 3.48. The second-order valence-electron chi connectivity index (χ2n) is 8.44. The lowest BCUT2D eigenvalue weighted by atomic mass is 9.95. The highest BCUT2D eigenvalue weighted by Gasteiger charge is 2.46. The zero-order chi connectivity index (χ0) is 24.1. The van der Waals surface area contributed by atoms with E-state index in [-0.39, 0.29) is 11.3 Å². The molecule has 2 aromatic carbocycles. The SMILES string of the molecule is C=CCOc1ccc(C2/C(=C(\O)c3ccc(OC)cc3)C(=O)C(=O)N2CCN2CCCC2)cc1. The number of nitrogens with zero attached hydrogens (tertiary/aromatic N) is 2. The summed E-state index contributed by atoms with van der Waals surface area (Å²) < 4.78 is 10.8. The fourth-order valence-electron chi connectivity index (χ4n) is 4.52. The van der Waals surface area contributed by atoms with Gasteiger partial charge in [0.15, 0.2) is 0 Å². The van der Waals surface area contributed by atoms with E-state index < -0.39 is 17.7 Å². The average molecular weight is 463 g/mol. The number of carbonyl (C=O) groups is 2. The standard InChI is InChI=1S/C27H30N2O5/c1-3-18-34-22-12-6-19(7-13-22)24-23(25(30)20-8-10-21(33-2)11-9-20)26(31)27(32)29(24)17-16-28-14-4-5-15-28/h3,6-13,24,30H,1,4-5,14-18H2,2H3/b25-23+. The third kappa shape index (κ3) is 4.84. The van der Waals surface area contributed by atoms with Crippen molar-refractivity contribution in [1.82, 2.24) is 9.80 Å². The van der Waals surface area contributed by atoms with Gasteiger partial charge in [-0.2, -0.15) is 0 Å². The number of hydrogen-bond donors (Lipinski definition) is 1. The molecule has 0 saturated carbocycles. The molecule has 1 unspecified atom stereocenters. The number of ketones is 1. The quantitative estimate of drug-likeness (QED) is 0.264. The van der Waals surface area contributed by atoms with Crippen molar-refractivity contribution in [2.24, 2.45) is 0 Å². The molecule has 4 rings (SSSR count). The van der Waals surface area contributed by atoms with Crippen molar-refractivity contribution in [1.29, 1.82) is 0 Å². The minimum atomic E-state index is -0.682. The largest absolute Gasteiger partial charge is 0.507 e. The van der Waals surface area contributed by atoms with E-state index in [1.54, 1.807) is 54.5 Å². The van der Waals surface area contributed by atoms with Crippen LogP contribution in [0, 0.1) is 0 Å².